The zero-order valence-electron chi connectivity index (χ0n) is 17.9. The molecule has 3 aromatic rings. The molecular formula is C22H24N6O4. The van der Waals surface area contributed by atoms with Gasteiger partial charge < -0.3 is 24.6 Å². The van der Waals surface area contributed by atoms with E-state index in [-0.39, 0.29) is 24.3 Å². The minimum atomic E-state index is -1.69. The van der Waals surface area contributed by atoms with Gasteiger partial charge in [0.05, 0.1) is 29.2 Å². The second kappa shape index (κ2) is 7.95. The molecule has 0 saturated carbocycles. The number of likely N-dealkylation sites (tertiary alicyclic amines) is 1. The fourth-order valence-electron chi connectivity index (χ4n) is 4.05. The predicted octanol–water partition coefficient (Wildman–Crippen LogP) is 1.83. The van der Waals surface area contributed by atoms with Crippen LogP contribution >= 0.6 is 0 Å². The molecule has 0 aliphatic carbocycles. The van der Waals surface area contributed by atoms with Gasteiger partial charge in [-0.3, -0.25) is 4.79 Å². The summed E-state index contributed by atoms with van der Waals surface area (Å²) in [5.41, 5.74) is 0.591. The first-order valence-corrected chi connectivity index (χ1v) is 10.6. The number of ether oxygens (including phenoxy) is 1. The molecule has 2 saturated heterocycles. The van der Waals surface area contributed by atoms with Crippen molar-refractivity contribution in [1.82, 2.24) is 25.0 Å². The summed E-state index contributed by atoms with van der Waals surface area (Å²) >= 11 is 0. The van der Waals surface area contributed by atoms with Gasteiger partial charge in [0.15, 0.2) is 5.76 Å². The number of nitrogens with one attached hydrogen (secondary N) is 1. The lowest BCUT2D eigenvalue weighted by atomic mass is 9.98. The van der Waals surface area contributed by atoms with Gasteiger partial charge in [-0.05, 0) is 31.5 Å². The van der Waals surface area contributed by atoms with Crippen molar-refractivity contribution in [3.63, 3.8) is 0 Å². The van der Waals surface area contributed by atoms with E-state index >= 15 is 0 Å². The molecule has 32 heavy (non-hydrogen) atoms. The summed E-state index contributed by atoms with van der Waals surface area (Å²) in [5.74, 6) is 0.243. The molecule has 0 bridgehead atoms. The van der Waals surface area contributed by atoms with Crippen LogP contribution in [0.1, 0.15) is 25.5 Å². The minimum absolute atomic E-state index is 0.103. The number of aliphatic hydroxyl groups is 1. The van der Waals surface area contributed by atoms with Gasteiger partial charge in [0, 0.05) is 38.9 Å². The summed E-state index contributed by atoms with van der Waals surface area (Å²) < 4.78 is 10.9. The maximum atomic E-state index is 12.3. The van der Waals surface area contributed by atoms with Gasteiger partial charge in [0.25, 0.3) is 5.91 Å². The van der Waals surface area contributed by atoms with Gasteiger partial charge in [-0.15, -0.1) is 0 Å². The lowest BCUT2D eigenvalue weighted by Gasteiger charge is -2.16. The number of aromatic nitrogens is 4. The standard InChI is InChI=1S/C22H24N6O4/c1-13-14(7-11-31-13)25-21-23-9-6-17(26-21)15-4-3-5-16(24-15)18-12-19(32-27-18)22(30)8-10-28(2)20(22)29/h3-6,9,12-14,30H,7-8,10-11H2,1-2H3,(H,23,25,26). The number of anilines is 1. The zero-order chi connectivity index (χ0) is 22.3. The van der Waals surface area contributed by atoms with Crippen molar-refractivity contribution < 1.29 is 19.2 Å². The molecule has 3 aromatic heterocycles. The number of carbonyl (C=O) groups excluding carboxylic acids is 1. The summed E-state index contributed by atoms with van der Waals surface area (Å²) in [6.07, 6.45) is 2.95. The molecule has 0 spiro atoms. The van der Waals surface area contributed by atoms with Crippen LogP contribution < -0.4 is 5.32 Å². The molecule has 0 aromatic carbocycles. The van der Waals surface area contributed by atoms with Crippen LogP contribution in [0, 0.1) is 0 Å². The maximum absolute atomic E-state index is 12.3. The van der Waals surface area contributed by atoms with Crippen molar-refractivity contribution in [2.24, 2.45) is 0 Å². The fourth-order valence-corrected chi connectivity index (χ4v) is 4.05. The Kier molecular flexibility index (Phi) is 5.10. The molecule has 3 atom stereocenters. The molecule has 5 heterocycles. The quantitative estimate of drug-likeness (QED) is 0.616. The minimum Gasteiger partial charge on any atom is -0.376 e. The summed E-state index contributed by atoms with van der Waals surface area (Å²) in [6.45, 7) is 3.20. The third-order valence-corrected chi connectivity index (χ3v) is 6.05. The van der Waals surface area contributed by atoms with E-state index in [9.17, 15) is 9.90 Å². The summed E-state index contributed by atoms with van der Waals surface area (Å²) in [5, 5.41) is 18.1. The van der Waals surface area contributed by atoms with Crippen molar-refractivity contribution in [3.05, 3.63) is 42.3 Å². The van der Waals surface area contributed by atoms with Crippen LogP contribution in [0.5, 0.6) is 0 Å². The van der Waals surface area contributed by atoms with Crippen molar-refractivity contribution in [3.8, 4) is 22.8 Å². The van der Waals surface area contributed by atoms with Crippen LogP contribution in [0.15, 0.2) is 41.1 Å². The van der Waals surface area contributed by atoms with Crippen molar-refractivity contribution in [2.45, 2.75) is 37.5 Å². The summed E-state index contributed by atoms with van der Waals surface area (Å²) in [4.78, 5) is 27.4. The zero-order valence-corrected chi connectivity index (χ0v) is 17.9. The molecule has 3 unspecified atom stereocenters. The Hall–Kier alpha value is -3.37. The monoisotopic (exact) mass is 436 g/mol. The lowest BCUT2D eigenvalue weighted by molar-refractivity contribution is -0.144. The number of hydrogen-bond acceptors (Lipinski definition) is 9. The molecule has 2 aliphatic heterocycles. The molecule has 10 nitrogen and oxygen atoms in total. The van der Waals surface area contributed by atoms with Gasteiger partial charge >= 0.3 is 0 Å². The van der Waals surface area contributed by atoms with Crippen LogP contribution in [-0.2, 0) is 15.1 Å². The SMILES string of the molecule is CC1OCCC1Nc1nccc(-c2cccc(-c3cc(C4(O)CCN(C)C4=O)on3)n2)n1. The highest BCUT2D eigenvalue weighted by Crippen LogP contribution is 2.34. The van der Waals surface area contributed by atoms with Gasteiger partial charge in [0.2, 0.25) is 11.5 Å². The normalized spacial score (nSPS) is 25.5. The third-order valence-electron chi connectivity index (χ3n) is 6.05. The third kappa shape index (κ3) is 3.61. The first-order chi connectivity index (χ1) is 15.4. The van der Waals surface area contributed by atoms with E-state index in [2.05, 4.69) is 25.4 Å². The molecule has 166 valence electrons. The van der Waals surface area contributed by atoms with Crippen molar-refractivity contribution >= 4 is 11.9 Å². The first kappa shape index (κ1) is 20.5. The average Bonchev–Trinajstić information content (AvgIpc) is 3.52. The average molecular weight is 436 g/mol. The number of pyridine rings is 1. The van der Waals surface area contributed by atoms with Crippen molar-refractivity contribution in [1.29, 1.82) is 0 Å². The highest BCUT2D eigenvalue weighted by Gasteiger charge is 2.48. The van der Waals surface area contributed by atoms with Gasteiger partial charge in [-0.1, -0.05) is 11.2 Å². The Labute approximate surface area is 184 Å². The Morgan fingerprint density at radius 1 is 1.19 bits per heavy atom. The van der Waals surface area contributed by atoms with Crippen LogP contribution in [-0.4, -0.2) is 68.4 Å². The maximum Gasteiger partial charge on any atom is 0.262 e. The highest BCUT2D eigenvalue weighted by molar-refractivity contribution is 5.87. The Morgan fingerprint density at radius 2 is 1.97 bits per heavy atom. The Bertz CT molecular complexity index is 1150. The van der Waals surface area contributed by atoms with E-state index in [1.54, 1.807) is 31.4 Å². The Morgan fingerprint density at radius 3 is 2.69 bits per heavy atom. The van der Waals surface area contributed by atoms with E-state index < -0.39 is 11.5 Å². The molecular weight excluding hydrogens is 412 g/mol. The van der Waals surface area contributed by atoms with Crippen LogP contribution in [0.4, 0.5) is 5.95 Å². The van der Waals surface area contributed by atoms with E-state index in [4.69, 9.17) is 9.26 Å². The molecule has 2 N–H and O–H groups in total. The van der Waals surface area contributed by atoms with Crippen LogP contribution in [0.2, 0.25) is 0 Å². The first-order valence-electron chi connectivity index (χ1n) is 10.6. The number of hydrogen-bond donors (Lipinski definition) is 2. The predicted molar refractivity (Wildman–Crippen MR) is 114 cm³/mol. The number of likely N-dealkylation sites (N-methyl/N-ethyl adjacent to an activating group) is 1. The van der Waals surface area contributed by atoms with E-state index in [1.807, 2.05) is 19.1 Å². The fraction of sp³-hybridized carbons (Fsp3) is 0.409. The molecule has 0 radical (unpaired) electrons. The number of carbonyl (C=O) groups is 1. The van der Waals surface area contributed by atoms with E-state index in [0.29, 0.717) is 35.3 Å². The van der Waals surface area contributed by atoms with Gasteiger partial charge in [-0.2, -0.15) is 0 Å². The topological polar surface area (TPSA) is 126 Å². The second-order valence-electron chi connectivity index (χ2n) is 8.20. The number of nitrogens with zero attached hydrogens (tertiary/aromatic N) is 5. The second-order valence-corrected chi connectivity index (χ2v) is 8.20. The molecule has 10 heteroatoms. The van der Waals surface area contributed by atoms with E-state index in [0.717, 1.165) is 13.0 Å². The Balaban J connectivity index is 1.40. The summed E-state index contributed by atoms with van der Waals surface area (Å²) in [6, 6.07) is 9.00. The summed E-state index contributed by atoms with van der Waals surface area (Å²) in [7, 11) is 1.65. The van der Waals surface area contributed by atoms with E-state index in [1.165, 1.54) is 4.90 Å². The van der Waals surface area contributed by atoms with Gasteiger partial charge in [0.1, 0.15) is 5.69 Å². The highest BCUT2D eigenvalue weighted by atomic mass is 16.5. The smallest absolute Gasteiger partial charge is 0.262 e. The van der Waals surface area contributed by atoms with Crippen LogP contribution in [0.25, 0.3) is 22.8 Å². The number of rotatable bonds is 5. The molecule has 2 fully saturated rings. The number of amides is 1. The molecule has 2 aliphatic rings. The largest absolute Gasteiger partial charge is 0.376 e. The van der Waals surface area contributed by atoms with Gasteiger partial charge in [-0.25, -0.2) is 15.0 Å². The molecule has 5 rings (SSSR count). The lowest BCUT2D eigenvalue weighted by Crippen LogP contribution is -2.35. The van der Waals surface area contributed by atoms with Crippen molar-refractivity contribution in [2.75, 3.05) is 25.5 Å². The molecule has 1 amide bonds. The van der Waals surface area contributed by atoms with Crippen LogP contribution in [0.3, 0.4) is 0 Å².